The number of carbonyl (C=O) groups is 1. The molecule has 0 bridgehead atoms. The topological polar surface area (TPSA) is 66.0 Å². The highest BCUT2D eigenvalue weighted by atomic mass is 16.7. The maximum absolute atomic E-state index is 9.06. The standard InChI is InChI=1S/C19H31BO4.C2H5NO/c1-17(2,3)22-14-8-13-21-16-11-9-15(10-12-16)20-23-18(4,5)19(6,7)24-20;1-3-2-4/h9-12H,8,13-14H2,1-7H3;2H,1H3,(H,3,4). The number of ether oxygens (including phenoxy) is 2. The van der Waals surface area contributed by atoms with Gasteiger partial charge in [-0.2, -0.15) is 0 Å². The van der Waals surface area contributed by atoms with Gasteiger partial charge in [-0.3, -0.25) is 4.79 Å². The molecule has 1 aliphatic rings. The van der Waals surface area contributed by atoms with Crippen LogP contribution >= 0.6 is 0 Å². The van der Waals surface area contributed by atoms with E-state index in [1.165, 1.54) is 0 Å². The van der Waals surface area contributed by atoms with Gasteiger partial charge in [0.25, 0.3) is 0 Å². The molecule has 158 valence electrons. The summed E-state index contributed by atoms with van der Waals surface area (Å²) >= 11 is 0. The summed E-state index contributed by atoms with van der Waals surface area (Å²) in [5, 5.41) is 2.25. The molecule has 1 saturated heterocycles. The van der Waals surface area contributed by atoms with Crippen LogP contribution in [0.4, 0.5) is 0 Å². The molecule has 28 heavy (non-hydrogen) atoms. The SMILES string of the molecule is CC(C)(C)OCCCOc1ccc(B2OC(C)(C)C(C)(C)O2)cc1.CNC=O. The van der Waals surface area contributed by atoms with E-state index in [-0.39, 0.29) is 23.9 Å². The molecule has 1 aliphatic heterocycles. The first kappa shape index (κ1) is 24.5. The quantitative estimate of drug-likeness (QED) is 0.438. The van der Waals surface area contributed by atoms with E-state index in [2.05, 4.69) is 53.8 Å². The smallest absolute Gasteiger partial charge is 0.494 e. The zero-order chi connectivity index (χ0) is 21.4. The normalized spacial score (nSPS) is 17.5. The van der Waals surface area contributed by atoms with E-state index in [9.17, 15) is 0 Å². The Morgan fingerprint density at radius 1 is 1.04 bits per heavy atom. The molecule has 0 radical (unpaired) electrons. The molecule has 0 spiro atoms. The fourth-order valence-electron chi connectivity index (χ4n) is 2.33. The van der Waals surface area contributed by atoms with Crippen molar-refractivity contribution in [2.75, 3.05) is 20.3 Å². The van der Waals surface area contributed by atoms with Gasteiger partial charge in [-0.1, -0.05) is 12.1 Å². The molecule has 1 amide bonds. The number of hydrogen-bond donors (Lipinski definition) is 1. The Bertz CT molecular complexity index is 580. The Morgan fingerprint density at radius 3 is 1.96 bits per heavy atom. The van der Waals surface area contributed by atoms with Gasteiger partial charge in [0, 0.05) is 13.5 Å². The van der Waals surface area contributed by atoms with Gasteiger partial charge in [0.2, 0.25) is 6.41 Å². The first-order chi connectivity index (χ1) is 12.9. The molecule has 1 heterocycles. The van der Waals surface area contributed by atoms with E-state index in [1.807, 2.05) is 24.3 Å². The number of benzene rings is 1. The number of carbonyl (C=O) groups excluding carboxylic acids is 1. The highest BCUT2D eigenvalue weighted by molar-refractivity contribution is 6.62. The van der Waals surface area contributed by atoms with Crippen LogP contribution in [0.1, 0.15) is 54.9 Å². The molecule has 0 aliphatic carbocycles. The lowest BCUT2D eigenvalue weighted by atomic mass is 9.79. The molecule has 7 heteroatoms. The van der Waals surface area contributed by atoms with Crippen molar-refractivity contribution in [3.8, 4) is 5.75 Å². The van der Waals surface area contributed by atoms with Crippen LogP contribution in [0.15, 0.2) is 24.3 Å². The van der Waals surface area contributed by atoms with E-state index < -0.39 is 0 Å². The molecule has 1 aromatic rings. The third kappa shape index (κ3) is 7.82. The fourth-order valence-corrected chi connectivity index (χ4v) is 2.33. The van der Waals surface area contributed by atoms with Crippen molar-refractivity contribution in [3.05, 3.63) is 24.3 Å². The number of hydrogen-bond acceptors (Lipinski definition) is 5. The van der Waals surface area contributed by atoms with E-state index in [0.717, 1.165) is 17.6 Å². The molecule has 1 aromatic carbocycles. The maximum Gasteiger partial charge on any atom is 0.494 e. The van der Waals surface area contributed by atoms with Gasteiger partial charge in [0.1, 0.15) is 5.75 Å². The molecular formula is C21H36BNO5. The second kappa shape index (κ2) is 10.3. The Hall–Kier alpha value is -1.57. The lowest BCUT2D eigenvalue weighted by Crippen LogP contribution is -2.41. The number of amides is 1. The highest BCUT2D eigenvalue weighted by Crippen LogP contribution is 2.36. The van der Waals surface area contributed by atoms with Crippen LogP contribution in [0.2, 0.25) is 0 Å². The minimum atomic E-state index is -0.329. The predicted molar refractivity (Wildman–Crippen MR) is 113 cm³/mol. The molecule has 0 atom stereocenters. The van der Waals surface area contributed by atoms with E-state index in [1.54, 1.807) is 7.05 Å². The Labute approximate surface area is 170 Å². The average Bonchev–Trinajstić information content (AvgIpc) is 2.82. The van der Waals surface area contributed by atoms with Crippen molar-refractivity contribution in [1.29, 1.82) is 0 Å². The molecule has 0 saturated carbocycles. The van der Waals surface area contributed by atoms with Crippen molar-refractivity contribution in [3.63, 3.8) is 0 Å². The van der Waals surface area contributed by atoms with E-state index >= 15 is 0 Å². The van der Waals surface area contributed by atoms with E-state index in [0.29, 0.717) is 19.6 Å². The summed E-state index contributed by atoms with van der Waals surface area (Å²) < 4.78 is 23.5. The largest absolute Gasteiger partial charge is 0.494 e. The molecular weight excluding hydrogens is 357 g/mol. The Balaban J connectivity index is 0.000000892. The van der Waals surface area contributed by atoms with Crippen LogP contribution < -0.4 is 15.5 Å². The van der Waals surface area contributed by atoms with E-state index in [4.69, 9.17) is 23.6 Å². The maximum atomic E-state index is 9.06. The van der Waals surface area contributed by atoms with Crippen molar-refractivity contribution in [2.24, 2.45) is 0 Å². The van der Waals surface area contributed by atoms with Gasteiger partial charge in [0.15, 0.2) is 0 Å². The van der Waals surface area contributed by atoms with Gasteiger partial charge in [-0.25, -0.2) is 0 Å². The lowest BCUT2D eigenvalue weighted by molar-refractivity contribution is -0.109. The summed E-state index contributed by atoms with van der Waals surface area (Å²) in [7, 11) is 1.23. The molecule has 0 unspecified atom stereocenters. The van der Waals surface area contributed by atoms with Gasteiger partial charge >= 0.3 is 7.12 Å². The first-order valence-electron chi connectivity index (χ1n) is 9.75. The summed E-state index contributed by atoms with van der Waals surface area (Å²) in [4.78, 5) is 9.06. The van der Waals surface area contributed by atoms with Crippen molar-refractivity contribution in [1.82, 2.24) is 5.32 Å². The van der Waals surface area contributed by atoms with Gasteiger partial charge in [-0.05, 0) is 66.1 Å². The minimum absolute atomic E-state index is 0.0928. The van der Waals surface area contributed by atoms with Crippen LogP contribution in [0.3, 0.4) is 0 Å². The molecule has 1 N–H and O–H groups in total. The molecule has 6 nitrogen and oxygen atoms in total. The summed E-state index contributed by atoms with van der Waals surface area (Å²) in [6.45, 7) is 15.8. The first-order valence-corrected chi connectivity index (χ1v) is 9.75. The van der Waals surface area contributed by atoms with Gasteiger partial charge in [0.05, 0.1) is 30.0 Å². The van der Waals surface area contributed by atoms with Crippen molar-refractivity contribution < 1.29 is 23.6 Å². The monoisotopic (exact) mass is 393 g/mol. The minimum Gasteiger partial charge on any atom is -0.494 e. The van der Waals surface area contributed by atoms with Gasteiger partial charge < -0.3 is 24.1 Å². The summed E-state index contributed by atoms with van der Waals surface area (Å²) in [6.07, 6.45) is 1.50. The van der Waals surface area contributed by atoms with Crippen molar-refractivity contribution >= 4 is 19.0 Å². The molecule has 1 fully saturated rings. The van der Waals surface area contributed by atoms with Crippen LogP contribution in [0.25, 0.3) is 0 Å². The van der Waals surface area contributed by atoms with Crippen LogP contribution in [0.5, 0.6) is 5.75 Å². The average molecular weight is 393 g/mol. The van der Waals surface area contributed by atoms with Crippen LogP contribution in [-0.4, -0.2) is 50.6 Å². The van der Waals surface area contributed by atoms with Crippen LogP contribution in [-0.2, 0) is 18.8 Å². The summed E-state index contributed by atoms with van der Waals surface area (Å²) in [5.74, 6) is 0.853. The third-order valence-electron chi connectivity index (χ3n) is 4.62. The summed E-state index contributed by atoms with van der Waals surface area (Å²) in [5.41, 5.74) is 0.279. The highest BCUT2D eigenvalue weighted by Gasteiger charge is 2.51. The number of rotatable bonds is 7. The second-order valence-corrected chi connectivity index (χ2v) is 8.73. The lowest BCUT2D eigenvalue weighted by Gasteiger charge is -2.32. The van der Waals surface area contributed by atoms with Crippen LogP contribution in [0, 0.1) is 0 Å². The zero-order valence-electron chi connectivity index (χ0n) is 18.6. The fraction of sp³-hybridized carbons (Fsp3) is 0.667. The Morgan fingerprint density at radius 2 is 1.54 bits per heavy atom. The predicted octanol–water partition coefficient (Wildman–Crippen LogP) is 2.93. The zero-order valence-corrected chi connectivity index (χ0v) is 18.6. The summed E-state index contributed by atoms with van der Waals surface area (Å²) in [6, 6.07) is 7.93. The molecule has 2 rings (SSSR count). The third-order valence-corrected chi connectivity index (χ3v) is 4.62. The Kier molecular flexibility index (Phi) is 8.99. The van der Waals surface area contributed by atoms with Crippen molar-refractivity contribution in [2.45, 2.75) is 71.7 Å². The second-order valence-electron chi connectivity index (χ2n) is 8.73. The molecule has 0 aromatic heterocycles. The number of nitrogens with one attached hydrogen (secondary N) is 1. The van der Waals surface area contributed by atoms with Gasteiger partial charge in [-0.15, -0.1) is 0 Å².